The highest BCUT2D eigenvalue weighted by molar-refractivity contribution is 5.91. The molecule has 0 aliphatic rings. The number of nitrogens with one attached hydrogen (secondary N) is 4. The molecule has 2 aromatic carbocycles. The second kappa shape index (κ2) is 8.62. The van der Waals surface area contributed by atoms with E-state index in [4.69, 9.17) is 5.21 Å². The summed E-state index contributed by atoms with van der Waals surface area (Å²) in [6.07, 6.45) is 1.54. The van der Waals surface area contributed by atoms with Gasteiger partial charge in [-0.25, -0.2) is 15.4 Å². The third-order valence-corrected chi connectivity index (χ3v) is 4.85. The first-order valence-corrected chi connectivity index (χ1v) is 9.56. The molecule has 2 aromatic heterocycles. The number of benzene rings is 2. The van der Waals surface area contributed by atoms with Gasteiger partial charge in [0.15, 0.2) is 0 Å². The predicted molar refractivity (Wildman–Crippen MR) is 116 cm³/mol. The van der Waals surface area contributed by atoms with Gasteiger partial charge in [-0.3, -0.25) is 10.0 Å². The van der Waals surface area contributed by atoms with Gasteiger partial charge in [-0.05, 0) is 36.2 Å². The van der Waals surface area contributed by atoms with Crippen LogP contribution in [0.1, 0.15) is 18.5 Å². The molecule has 0 aliphatic carbocycles. The summed E-state index contributed by atoms with van der Waals surface area (Å²) in [5.41, 5.74) is 6.20. The van der Waals surface area contributed by atoms with Gasteiger partial charge in [0.1, 0.15) is 17.8 Å². The minimum atomic E-state index is -0.502. The number of amides is 1. The minimum Gasteiger partial charge on any atom is -0.376 e. The molecule has 4 rings (SSSR count). The van der Waals surface area contributed by atoms with E-state index in [9.17, 15) is 4.79 Å². The number of fused-ring (bicyclic) bond motifs is 1. The zero-order valence-corrected chi connectivity index (χ0v) is 16.4. The van der Waals surface area contributed by atoms with E-state index in [1.807, 2.05) is 48.5 Å². The van der Waals surface area contributed by atoms with E-state index in [-0.39, 0.29) is 12.6 Å². The highest BCUT2D eigenvalue weighted by atomic mass is 16.5. The van der Waals surface area contributed by atoms with Crippen LogP contribution in [-0.2, 0) is 4.79 Å². The largest absolute Gasteiger partial charge is 0.376 e. The Morgan fingerprint density at radius 3 is 2.60 bits per heavy atom. The van der Waals surface area contributed by atoms with Crippen molar-refractivity contribution in [3.05, 3.63) is 72.6 Å². The molecule has 2 heterocycles. The fourth-order valence-corrected chi connectivity index (χ4v) is 3.23. The third kappa shape index (κ3) is 4.23. The summed E-state index contributed by atoms with van der Waals surface area (Å²) < 4.78 is 0. The maximum atomic E-state index is 11.1. The van der Waals surface area contributed by atoms with Gasteiger partial charge in [0, 0.05) is 17.4 Å². The first-order chi connectivity index (χ1) is 14.6. The van der Waals surface area contributed by atoms with Crippen molar-refractivity contribution in [1.82, 2.24) is 20.4 Å². The van der Waals surface area contributed by atoms with Crippen molar-refractivity contribution < 1.29 is 10.0 Å². The highest BCUT2D eigenvalue weighted by Crippen LogP contribution is 2.29. The van der Waals surface area contributed by atoms with Crippen LogP contribution in [0, 0.1) is 0 Å². The Bertz CT molecular complexity index is 1140. The zero-order chi connectivity index (χ0) is 20.9. The number of rotatable bonds is 7. The summed E-state index contributed by atoms with van der Waals surface area (Å²) >= 11 is 0. The van der Waals surface area contributed by atoms with Gasteiger partial charge in [0.05, 0.1) is 11.9 Å². The Kier molecular flexibility index (Phi) is 5.58. The maximum absolute atomic E-state index is 11.1. The van der Waals surface area contributed by atoms with Gasteiger partial charge < -0.3 is 15.6 Å². The fraction of sp³-hybridized carbons (Fsp3) is 0.136. The third-order valence-electron chi connectivity index (χ3n) is 4.85. The summed E-state index contributed by atoms with van der Waals surface area (Å²) in [7, 11) is 0. The Labute approximate surface area is 173 Å². The maximum Gasteiger partial charge on any atom is 0.262 e. The first kappa shape index (κ1) is 19.4. The van der Waals surface area contributed by atoms with Crippen LogP contribution in [0.25, 0.3) is 22.3 Å². The molecule has 0 radical (unpaired) electrons. The lowest BCUT2D eigenvalue weighted by Crippen LogP contribution is -2.26. The van der Waals surface area contributed by atoms with Crippen molar-refractivity contribution in [3.63, 3.8) is 0 Å². The number of hydroxylamine groups is 1. The number of carbonyl (C=O) groups is 1. The molecule has 0 saturated heterocycles. The summed E-state index contributed by atoms with van der Waals surface area (Å²) in [4.78, 5) is 23.2. The molecular weight excluding hydrogens is 380 g/mol. The number of aromatic nitrogens is 3. The van der Waals surface area contributed by atoms with Crippen molar-refractivity contribution in [2.45, 2.75) is 13.0 Å². The summed E-state index contributed by atoms with van der Waals surface area (Å²) in [5.74, 6) is 0.269. The molecule has 5 N–H and O–H groups in total. The molecule has 0 spiro atoms. The number of carbonyl (C=O) groups excluding carboxylic acids is 1. The van der Waals surface area contributed by atoms with Crippen LogP contribution >= 0.6 is 0 Å². The normalized spacial score (nSPS) is 11.8. The Morgan fingerprint density at radius 2 is 1.87 bits per heavy atom. The van der Waals surface area contributed by atoms with Gasteiger partial charge in [0.2, 0.25) is 0 Å². The number of hydrogen-bond donors (Lipinski definition) is 5. The standard InChI is InChI=1S/C22H22N6O2/c1-14(15-5-3-2-4-6-15)26-21-18-11-19(27-22(18)25-13-24-21)16-7-9-17(10-8-16)23-12-20(29)28-30/h2-11,13-14,23,30H,12H2,1H3,(H,28,29)(H2,24,25,26,27)/t14-/m1/s1. The number of nitrogens with zero attached hydrogens (tertiary/aromatic N) is 2. The molecular formula is C22H22N6O2. The number of hydrogen-bond acceptors (Lipinski definition) is 6. The van der Waals surface area contributed by atoms with Gasteiger partial charge >= 0.3 is 0 Å². The molecule has 8 nitrogen and oxygen atoms in total. The topological polar surface area (TPSA) is 115 Å². The molecule has 0 saturated carbocycles. The van der Waals surface area contributed by atoms with Crippen LogP contribution in [0.15, 0.2) is 67.0 Å². The number of anilines is 2. The minimum absolute atomic E-state index is 0.00749. The number of H-pyrrole nitrogens is 1. The molecule has 0 unspecified atom stereocenters. The van der Waals surface area contributed by atoms with Crippen molar-refractivity contribution in [2.24, 2.45) is 0 Å². The van der Waals surface area contributed by atoms with E-state index < -0.39 is 5.91 Å². The SMILES string of the molecule is C[C@@H](Nc1ncnc2[nH]c(-c3ccc(NCC(=O)NO)cc3)cc12)c1ccccc1. The van der Waals surface area contributed by atoms with E-state index >= 15 is 0 Å². The quantitative estimate of drug-likeness (QED) is 0.238. The first-order valence-electron chi connectivity index (χ1n) is 9.56. The summed E-state index contributed by atoms with van der Waals surface area (Å²) in [6.45, 7) is 2.09. The van der Waals surface area contributed by atoms with Crippen LogP contribution in [0.5, 0.6) is 0 Å². The van der Waals surface area contributed by atoms with Gasteiger partial charge in [-0.2, -0.15) is 0 Å². The van der Waals surface area contributed by atoms with Crippen LogP contribution in [-0.4, -0.2) is 32.6 Å². The lowest BCUT2D eigenvalue weighted by Gasteiger charge is -2.15. The lowest BCUT2D eigenvalue weighted by atomic mass is 10.1. The van der Waals surface area contributed by atoms with E-state index in [1.54, 1.807) is 11.8 Å². The average Bonchev–Trinajstić information content (AvgIpc) is 3.24. The summed E-state index contributed by atoms with van der Waals surface area (Å²) in [6, 6.07) is 19.9. The molecule has 1 amide bonds. The van der Waals surface area contributed by atoms with Crippen molar-refractivity contribution in [3.8, 4) is 11.3 Å². The second-order valence-electron chi connectivity index (χ2n) is 6.91. The Hall–Kier alpha value is -3.91. The van der Waals surface area contributed by atoms with E-state index in [0.717, 1.165) is 33.8 Å². The molecule has 8 heteroatoms. The van der Waals surface area contributed by atoms with Gasteiger partial charge in [-0.1, -0.05) is 42.5 Å². The van der Waals surface area contributed by atoms with Crippen LogP contribution < -0.4 is 16.1 Å². The molecule has 152 valence electrons. The van der Waals surface area contributed by atoms with E-state index in [2.05, 4.69) is 44.6 Å². The lowest BCUT2D eigenvalue weighted by molar-refractivity contribution is -0.127. The summed E-state index contributed by atoms with van der Waals surface area (Å²) in [5, 5.41) is 15.9. The molecule has 0 fully saturated rings. The zero-order valence-electron chi connectivity index (χ0n) is 16.4. The van der Waals surface area contributed by atoms with Crippen LogP contribution in [0.4, 0.5) is 11.5 Å². The average molecular weight is 402 g/mol. The predicted octanol–water partition coefficient (Wildman–Crippen LogP) is 3.72. The Balaban J connectivity index is 1.55. The highest BCUT2D eigenvalue weighted by Gasteiger charge is 2.12. The van der Waals surface area contributed by atoms with E-state index in [0.29, 0.717) is 0 Å². The van der Waals surface area contributed by atoms with E-state index in [1.165, 1.54) is 5.56 Å². The molecule has 1 atom stereocenters. The van der Waals surface area contributed by atoms with Crippen molar-refractivity contribution in [2.75, 3.05) is 17.2 Å². The van der Waals surface area contributed by atoms with Gasteiger partial charge in [0.25, 0.3) is 5.91 Å². The molecule has 30 heavy (non-hydrogen) atoms. The Morgan fingerprint density at radius 1 is 1.10 bits per heavy atom. The number of aromatic amines is 1. The second-order valence-corrected chi connectivity index (χ2v) is 6.91. The molecule has 4 aromatic rings. The monoisotopic (exact) mass is 402 g/mol. The van der Waals surface area contributed by atoms with Crippen molar-refractivity contribution in [1.29, 1.82) is 0 Å². The van der Waals surface area contributed by atoms with Gasteiger partial charge in [-0.15, -0.1) is 0 Å². The van der Waals surface area contributed by atoms with Crippen LogP contribution in [0.2, 0.25) is 0 Å². The molecule has 0 aliphatic heterocycles. The van der Waals surface area contributed by atoms with Crippen molar-refractivity contribution >= 4 is 28.4 Å². The van der Waals surface area contributed by atoms with Crippen LogP contribution in [0.3, 0.4) is 0 Å². The smallest absolute Gasteiger partial charge is 0.262 e. The molecule has 0 bridgehead atoms. The fourth-order valence-electron chi connectivity index (χ4n) is 3.23.